The Hall–Kier alpha value is -3.10. The lowest BCUT2D eigenvalue weighted by molar-refractivity contribution is -0.142. The maximum Gasteiger partial charge on any atom is 0.319 e. The number of nitrogens with one attached hydrogen (secondary N) is 2. The zero-order valence-electron chi connectivity index (χ0n) is 17.8. The Balaban J connectivity index is 1.75. The minimum absolute atomic E-state index is 0.0938. The molecule has 168 valence electrons. The summed E-state index contributed by atoms with van der Waals surface area (Å²) in [6.07, 6.45) is 0.612. The van der Waals surface area contributed by atoms with Crippen molar-refractivity contribution in [3.63, 3.8) is 0 Å². The van der Waals surface area contributed by atoms with Crippen LogP contribution >= 0.6 is 22.9 Å². The number of carbonyl (C=O) groups excluding carboxylic acids is 2. The number of hydrogen-bond acceptors (Lipinski definition) is 6. The minimum atomic E-state index is -0.392. The summed E-state index contributed by atoms with van der Waals surface area (Å²) in [5.74, 6) is 0.425. The predicted molar refractivity (Wildman–Crippen MR) is 125 cm³/mol. The topological polar surface area (TPSA) is 89.5 Å². The van der Waals surface area contributed by atoms with Gasteiger partial charge in [-0.1, -0.05) is 23.7 Å². The Morgan fingerprint density at radius 1 is 1.12 bits per heavy atom. The highest BCUT2D eigenvalue weighted by Gasteiger charge is 2.20. The molecule has 0 saturated carbocycles. The van der Waals surface area contributed by atoms with E-state index in [1.165, 1.54) is 11.3 Å². The van der Waals surface area contributed by atoms with E-state index in [1.807, 2.05) is 29.6 Å². The number of benzene rings is 2. The van der Waals surface area contributed by atoms with Crippen molar-refractivity contribution in [2.75, 3.05) is 19.0 Å². The molecule has 9 heteroatoms. The van der Waals surface area contributed by atoms with Gasteiger partial charge in [-0.05, 0) is 55.3 Å². The van der Waals surface area contributed by atoms with Gasteiger partial charge < -0.3 is 20.1 Å². The fourth-order valence-corrected chi connectivity index (χ4v) is 3.98. The average Bonchev–Trinajstić information content (AvgIpc) is 3.24. The van der Waals surface area contributed by atoms with Crippen LogP contribution in [0.3, 0.4) is 0 Å². The molecule has 0 saturated heterocycles. The molecule has 32 heavy (non-hydrogen) atoms. The first kappa shape index (κ1) is 23.6. The molecule has 7 nitrogen and oxygen atoms in total. The van der Waals surface area contributed by atoms with Crippen molar-refractivity contribution < 1.29 is 19.1 Å². The smallest absolute Gasteiger partial charge is 0.319 e. The van der Waals surface area contributed by atoms with Crippen LogP contribution in [0.15, 0.2) is 53.9 Å². The molecule has 0 spiro atoms. The monoisotopic (exact) mass is 473 g/mol. The quantitative estimate of drug-likeness (QED) is 0.426. The van der Waals surface area contributed by atoms with E-state index < -0.39 is 6.04 Å². The van der Waals surface area contributed by atoms with Crippen LogP contribution in [-0.2, 0) is 22.4 Å². The molecule has 3 aromatic rings. The van der Waals surface area contributed by atoms with Gasteiger partial charge >= 0.3 is 12.0 Å². The number of esters is 1. The van der Waals surface area contributed by atoms with Gasteiger partial charge in [-0.25, -0.2) is 9.78 Å². The normalized spacial score (nSPS) is 11.5. The largest absolute Gasteiger partial charge is 0.497 e. The SMILES string of the molecule is CCOC(=O)Cc1csc(C(Cc2ccc(OC)cc2)NC(=O)Nc2ccc(Cl)cc2)n1. The number of hydrogen-bond donors (Lipinski definition) is 2. The summed E-state index contributed by atoms with van der Waals surface area (Å²) in [5.41, 5.74) is 2.24. The van der Waals surface area contributed by atoms with Gasteiger partial charge in [-0.2, -0.15) is 0 Å². The second-order valence-electron chi connectivity index (χ2n) is 6.87. The number of methoxy groups -OCH3 is 1. The molecule has 2 N–H and O–H groups in total. The molecular formula is C23H24ClN3O4S. The number of nitrogens with zero attached hydrogens (tertiary/aromatic N) is 1. The lowest BCUT2D eigenvalue weighted by Crippen LogP contribution is -2.33. The molecule has 3 rings (SSSR count). The number of ether oxygens (including phenoxy) is 2. The van der Waals surface area contributed by atoms with Crippen molar-refractivity contribution in [1.29, 1.82) is 0 Å². The second-order valence-corrected chi connectivity index (χ2v) is 8.20. The lowest BCUT2D eigenvalue weighted by Gasteiger charge is -2.18. The number of amides is 2. The summed E-state index contributed by atoms with van der Waals surface area (Å²) in [7, 11) is 1.61. The fraction of sp³-hybridized carbons (Fsp3) is 0.261. The van der Waals surface area contributed by atoms with E-state index >= 15 is 0 Å². The van der Waals surface area contributed by atoms with Gasteiger partial charge in [-0.15, -0.1) is 11.3 Å². The van der Waals surface area contributed by atoms with Crippen LogP contribution in [0.1, 0.15) is 29.2 Å². The van der Waals surface area contributed by atoms with Gasteiger partial charge in [0.1, 0.15) is 10.8 Å². The summed E-state index contributed by atoms with van der Waals surface area (Å²) in [5, 5.41) is 8.89. The molecule has 0 aliphatic heterocycles. The third kappa shape index (κ3) is 6.96. The Labute approximate surface area is 195 Å². The van der Waals surface area contributed by atoms with Crippen molar-refractivity contribution in [2.24, 2.45) is 0 Å². The van der Waals surface area contributed by atoms with Gasteiger partial charge in [0.15, 0.2) is 0 Å². The van der Waals surface area contributed by atoms with Crippen LogP contribution in [0, 0.1) is 0 Å². The van der Waals surface area contributed by atoms with E-state index in [0.29, 0.717) is 34.4 Å². The summed E-state index contributed by atoms with van der Waals surface area (Å²) >= 11 is 7.30. The molecule has 1 heterocycles. The van der Waals surface area contributed by atoms with Crippen LogP contribution in [0.5, 0.6) is 5.75 Å². The average molecular weight is 474 g/mol. The Morgan fingerprint density at radius 3 is 2.50 bits per heavy atom. The van der Waals surface area contributed by atoms with Gasteiger partial charge in [0.25, 0.3) is 0 Å². The van der Waals surface area contributed by atoms with Crippen LogP contribution in [0.25, 0.3) is 0 Å². The van der Waals surface area contributed by atoms with E-state index in [0.717, 1.165) is 11.3 Å². The molecule has 0 aliphatic rings. The van der Waals surface area contributed by atoms with Gasteiger partial charge in [0.2, 0.25) is 0 Å². The molecule has 0 radical (unpaired) electrons. The van der Waals surface area contributed by atoms with Crippen molar-refractivity contribution in [1.82, 2.24) is 10.3 Å². The molecule has 0 aliphatic carbocycles. The zero-order valence-corrected chi connectivity index (χ0v) is 19.3. The van der Waals surface area contributed by atoms with Gasteiger partial charge in [-0.3, -0.25) is 4.79 Å². The molecule has 0 bridgehead atoms. The number of aromatic nitrogens is 1. The van der Waals surface area contributed by atoms with E-state index in [2.05, 4.69) is 15.6 Å². The molecule has 2 amide bonds. The first-order valence-corrected chi connectivity index (χ1v) is 11.3. The Morgan fingerprint density at radius 2 is 1.84 bits per heavy atom. The second kappa shape index (κ2) is 11.5. The highest BCUT2D eigenvalue weighted by molar-refractivity contribution is 7.09. The van der Waals surface area contributed by atoms with Crippen LogP contribution < -0.4 is 15.4 Å². The highest BCUT2D eigenvalue weighted by atomic mass is 35.5. The van der Waals surface area contributed by atoms with E-state index in [9.17, 15) is 9.59 Å². The van der Waals surface area contributed by atoms with E-state index in [4.69, 9.17) is 21.1 Å². The zero-order chi connectivity index (χ0) is 22.9. The van der Waals surface area contributed by atoms with Crippen molar-refractivity contribution in [3.8, 4) is 5.75 Å². The third-order valence-electron chi connectivity index (χ3n) is 4.50. The highest BCUT2D eigenvalue weighted by Crippen LogP contribution is 2.24. The summed E-state index contributed by atoms with van der Waals surface area (Å²) in [6.45, 7) is 2.08. The molecular weight excluding hydrogens is 450 g/mol. The number of anilines is 1. The van der Waals surface area contributed by atoms with Gasteiger partial charge in [0.05, 0.1) is 31.9 Å². The lowest BCUT2D eigenvalue weighted by atomic mass is 10.1. The third-order valence-corrected chi connectivity index (χ3v) is 5.76. The first-order chi connectivity index (χ1) is 15.5. The molecule has 1 atom stereocenters. The van der Waals surface area contributed by atoms with Crippen LogP contribution in [-0.4, -0.2) is 30.7 Å². The number of carbonyl (C=O) groups is 2. The van der Waals surface area contributed by atoms with Crippen molar-refractivity contribution in [3.05, 3.63) is 75.2 Å². The summed E-state index contributed by atoms with van der Waals surface area (Å²) < 4.78 is 10.2. The maximum absolute atomic E-state index is 12.7. The standard InChI is InChI=1S/C23H24ClN3O4S/c1-3-31-21(28)13-18-14-32-22(25-18)20(12-15-4-10-19(30-2)11-5-15)27-23(29)26-17-8-6-16(24)7-9-17/h4-11,14,20H,3,12-13H2,1-2H3,(H2,26,27,29). The summed E-state index contributed by atoms with van der Waals surface area (Å²) in [6, 6.07) is 13.7. The van der Waals surface area contributed by atoms with Crippen molar-refractivity contribution >= 4 is 40.6 Å². The minimum Gasteiger partial charge on any atom is -0.497 e. The summed E-state index contributed by atoms with van der Waals surface area (Å²) in [4.78, 5) is 29.0. The van der Waals surface area contributed by atoms with E-state index in [-0.39, 0.29) is 18.4 Å². The van der Waals surface area contributed by atoms with E-state index in [1.54, 1.807) is 38.3 Å². The predicted octanol–water partition coefficient (Wildman–Crippen LogP) is 5.02. The Kier molecular flexibility index (Phi) is 8.47. The fourth-order valence-electron chi connectivity index (χ4n) is 2.98. The number of rotatable bonds is 9. The number of thiazole rings is 1. The Bertz CT molecular complexity index is 1040. The molecule has 1 aromatic heterocycles. The van der Waals surface area contributed by atoms with Gasteiger partial charge in [0, 0.05) is 16.1 Å². The van der Waals surface area contributed by atoms with Crippen molar-refractivity contribution in [2.45, 2.75) is 25.8 Å². The molecule has 0 fully saturated rings. The first-order valence-electron chi connectivity index (χ1n) is 10.0. The van der Waals surface area contributed by atoms with Crippen LogP contribution in [0.4, 0.5) is 10.5 Å². The molecule has 2 aromatic carbocycles. The van der Waals surface area contributed by atoms with Crippen LogP contribution in [0.2, 0.25) is 5.02 Å². The molecule has 1 unspecified atom stereocenters. The number of urea groups is 1. The maximum atomic E-state index is 12.7. The number of halogens is 1.